The molecule has 20 heavy (non-hydrogen) atoms. The minimum absolute atomic E-state index is 0.194. The summed E-state index contributed by atoms with van der Waals surface area (Å²) < 4.78 is 5.15. The molecule has 0 aromatic heterocycles. The lowest BCUT2D eigenvalue weighted by Crippen LogP contribution is -2.18. The SMILES string of the molecule is C[Si](C)(C)C#CCC(C#N)C(=O)OCc1ccccc1. The number of carbonyl (C=O) groups is 1. The van der Waals surface area contributed by atoms with Crippen molar-refractivity contribution in [3.05, 3.63) is 35.9 Å². The zero-order valence-corrected chi connectivity index (χ0v) is 13.1. The van der Waals surface area contributed by atoms with Crippen LogP contribution in [0, 0.1) is 28.7 Å². The van der Waals surface area contributed by atoms with Gasteiger partial charge in [-0.15, -0.1) is 11.5 Å². The number of rotatable bonds is 4. The second kappa shape index (κ2) is 7.52. The minimum Gasteiger partial charge on any atom is -0.460 e. The van der Waals surface area contributed by atoms with Crippen molar-refractivity contribution < 1.29 is 9.53 Å². The van der Waals surface area contributed by atoms with E-state index in [0.717, 1.165) is 5.56 Å². The Hall–Kier alpha value is -2.04. The molecule has 1 aromatic rings. The van der Waals surface area contributed by atoms with Crippen molar-refractivity contribution >= 4 is 14.0 Å². The Morgan fingerprint density at radius 2 is 1.95 bits per heavy atom. The van der Waals surface area contributed by atoms with Crippen LogP contribution in [0.2, 0.25) is 19.6 Å². The highest BCUT2D eigenvalue weighted by molar-refractivity contribution is 6.83. The Morgan fingerprint density at radius 3 is 2.50 bits per heavy atom. The number of hydrogen-bond donors (Lipinski definition) is 0. The normalized spacial score (nSPS) is 11.7. The second-order valence-electron chi connectivity index (χ2n) is 5.53. The van der Waals surface area contributed by atoms with Gasteiger partial charge in [0.05, 0.1) is 6.07 Å². The number of ether oxygens (including phenoxy) is 1. The molecule has 0 spiro atoms. The molecular weight excluding hydrogens is 266 g/mol. The Kier molecular flexibility index (Phi) is 6.02. The fourth-order valence-corrected chi connectivity index (χ4v) is 2.06. The average molecular weight is 285 g/mol. The molecule has 1 rings (SSSR count). The van der Waals surface area contributed by atoms with E-state index in [9.17, 15) is 4.79 Å². The van der Waals surface area contributed by atoms with Gasteiger partial charge in [0.25, 0.3) is 0 Å². The van der Waals surface area contributed by atoms with Crippen LogP contribution in [-0.2, 0) is 16.1 Å². The van der Waals surface area contributed by atoms with Gasteiger partial charge < -0.3 is 4.74 Å². The smallest absolute Gasteiger partial charge is 0.324 e. The van der Waals surface area contributed by atoms with E-state index < -0.39 is 20.0 Å². The van der Waals surface area contributed by atoms with Crippen molar-refractivity contribution in [2.45, 2.75) is 32.7 Å². The maximum atomic E-state index is 11.8. The first-order chi connectivity index (χ1) is 9.42. The predicted molar refractivity (Wildman–Crippen MR) is 81.1 cm³/mol. The van der Waals surface area contributed by atoms with Gasteiger partial charge in [-0.1, -0.05) is 50.0 Å². The summed E-state index contributed by atoms with van der Waals surface area (Å²) in [5, 5.41) is 9.02. The van der Waals surface area contributed by atoms with Gasteiger partial charge in [-0.2, -0.15) is 5.26 Å². The molecule has 0 N–H and O–H groups in total. The van der Waals surface area contributed by atoms with E-state index in [2.05, 4.69) is 31.1 Å². The summed E-state index contributed by atoms with van der Waals surface area (Å²) in [5.41, 5.74) is 4.05. The molecule has 0 amide bonds. The Morgan fingerprint density at radius 1 is 1.30 bits per heavy atom. The van der Waals surface area contributed by atoms with Crippen LogP contribution < -0.4 is 0 Å². The summed E-state index contributed by atoms with van der Waals surface area (Å²) in [7, 11) is -1.47. The Balaban J connectivity index is 2.51. The summed E-state index contributed by atoms with van der Waals surface area (Å²) >= 11 is 0. The van der Waals surface area contributed by atoms with Crippen LogP contribution in [0.3, 0.4) is 0 Å². The molecule has 0 fully saturated rings. The Labute approximate surface area is 121 Å². The predicted octanol–water partition coefficient (Wildman–Crippen LogP) is 3.14. The molecule has 0 bridgehead atoms. The van der Waals surface area contributed by atoms with E-state index in [1.54, 1.807) is 0 Å². The van der Waals surface area contributed by atoms with Gasteiger partial charge in [-0.3, -0.25) is 4.79 Å². The molecule has 0 saturated carbocycles. The first-order valence-electron chi connectivity index (χ1n) is 6.52. The third-order valence-electron chi connectivity index (χ3n) is 2.43. The Bertz CT molecular complexity index is 544. The average Bonchev–Trinajstić information content (AvgIpc) is 2.41. The lowest BCUT2D eigenvalue weighted by Gasteiger charge is -2.08. The number of hydrogen-bond acceptors (Lipinski definition) is 3. The summed E-state index contributed by atoms with van der Waals surface area (Å²) in [6.45, 7) is 6.55. The van der Waals surface area contributed by atoms with E-state index in [1.165, 1.54) is 0 Å². The van der Waals surface area contributed by atoms with E-state index in [4.69, 9.17) is 10.00 Å². The van der Waals surface area contributed by atoms with Gasteiger partial charge in [0, 0.05) is 6.42 Å². The largest absolute Gasteiger partial charge is 0.460 e. The molecule has 1 atom stereocenters. The fraction of sp³-hybridized carbons (Fsp3) is 0.375. The number of carbonyl (C=O) groups excluding carboxylic acids is 1. The first kappa shape index (κ1) is 16.0. The van der Waals surface area contributed by atoms with Crippen molar-refractivity contribution in [1.29, 1.82) is 5.26 Å². The van der Waals surface area contributed by atoms with Gasteiger partial charge in [-0.25, -0.2) is 0 Å². The highest BCUT2D eigenvalue weighted by Gasteiger charge is 2.18. The van der Waals surface area contributed by atoms with Crippen molar-refractivity contribution in [2.75, 3.05) is 0 Å². The fourth-order valence-electron chi connectivity index (χ4n) is 1.43. The summed E-state index contributed by atoms with van der Waals surface area (Å²) in [6.07, 6.45) is 0.244. The maximum Gasteiger partial charge on any atom is 0.324 e. The zero-order chi connectivity index (χ0) is 15.0. The van der Waals surface area contributed by atoms with Gasteiger partial charge in [-0.05, 0) is 5.56 Å². The molecular formula is C16H19NO2Si. The molecule has 4 heteroatoms. The van der Waals surface area contributed by atoms with Crippen molar-refractivity contribution in [3.63, 3.8) is 0 Å². The van der Waals surface area contributed by atoms with E-state index >= 15 is 0 Å². The van der Waals surface area contributed by atoms with Crippen molar-refractivity contribution in [1.82, 2.24) is 0 Å². The zero-order valence-electron chi connectivity index (χ0n) is 12.1. The monoisotopic (exact) mass is 285 g/mol. The highest BCUT2D eigenvalue weighted by Crippen LogP contribution is 2.08. The van der Waals surface area contributed by atoms with Crippen LogP contribution in [-0.4, -0.2) is 14.0 Å². The molecule has 0 radical (unpaired) electrons. The lowest BCUT2D eigenvalue weighted by molar-refractivity contribution is -0.147. The third kappa shape index (κ3) is 6.22. The molecule has 0 saturated heterocycles. The molecule has 1 unspecified atom stereocenters. The standard InChI is InChI=1S/C16H19NO2Si/c1-20(2,3)11-7-10-15(12-17)16(18)19-13-14-8-5-4-6-9-14/h4-6,8-9,15H,10,13H2,1-3H3. The van der Waals surface area contributed by atoms with Crippen LogP contribution in [0.15, 0.2) is 30.3 Å². The topological polar surface area (TPSA) is 50.1 Å². The van der Waals surface area contributed by atoms with Crippen LogP contribution in [0.4, 0.5) is 0 Å². The second-order valence-corrected chi connectivity index (χ2v) is 10.3. The summed E-state index contributed by atoms with van der Waals surface area (Å²) in [6, 6.07) is 11.4. The number of esters is 1. The lowest BCUT2D eigenvalue weighted by atomic mass is 10.1. The minimum atomic E-state index is -1.47. The van der Waals surface area contributed by atoms with Crippen LogP contribution in [0.1, 0.15) is 12.0 Å². The van der Waals surface area contributed by atoms with E-state index in [0.29, 0.717) is 0 Å². The first-order valence-corrected chi connectivity index (χ1v) is 10.0. The van der Waals surface area contributed by atoms with E-state index in [1.807, 2.05) is 36.4 Å². The number of nitriles is 1. The van der Waals surface area contributed by atoms with Gasteiger partial charge in [0.1, 0.15) is 14.7 Å². The molecule has 104 valence electrons. The van der Waals surface area contributed by atoms with Gasteiger partial charge in [0.2, 0.25) is 0 Å². The molecule has 3 nitrogen and oxygen atoms in total. The molecule has 0 aliphatic heterocycles. The summed E-state index contributed by atoms with van der Waals surface area (Å²) in [4.78, 5) is 11.8. The van der Waals surface area contributed by atoms with Crippen LogP contribution in [0.25, 0.3) is 0 Å². The van der Waals surface area contributed by atoms with Crippen molar-refractivity contribution in [2.24, 2.45) is 5.92 Å². The van der Waals surface area contributed by atoms with Crippen LogP contribution in [0.5, 0.6) is 0 Å². The molecule has 0 aliphatic carbocycles. The number of benzene rings is 1. The quantitative estimate of drug-likeness (QED) is 0.485. The molecule has 0 aliphatic rings. The van der Waals surface area contributed by atoms with E-state index in [-0.39, 0.29) is 13.0 Å². The molecule has 0 heterocycles. The summed E-state index contributed by atoms with van der Waals surface area (Å²) in [5.74, 6) is 1.64. The van der Waals surface area contributed by atoms with Gasteiger partial charge >= 0.3 is 5.97 Å². The molecule has 1 aromatic carbocycles. The van der Waals surface area contributed by atoms with Gasteiger partial charge in [0.15, 0.2) is 5.92 Å². The van der Waals surface area contributed by atoms with Crippen molar-refractivity contribution in [3.8, 4) is 17.5 Å². The third-order valence-corrected chi connectivity index (χ3v) is 3.36. The maximum absolute atomic E-state index is 11.8. The number of nitrogens with zero attached hydrogens (tertiary/aromatic N) is 1. The van der Waals surface area contributed by atoms with Crippen LogP contribution >= 0.6 is 0 Å². The highest BCUT2D eigenvalue weighted by atomic mass is 28.3.